The molecule has 1 heterocycles. The van der Waals surface area contributed by atoms with Gasteiger partial charge in [-0.2, -0.15) is 18.3 Å². The van der Waals surface area contributed by atoms with E-state index in [-0.39, 0.29) is 0 Å². The number of halogens is 3. The van der Waals surface area contributed by atoms with E-state index in [1.807, 2.05) is 0 Å². The van der Waals surface area contributed by atoms with Crippen molar-refractivity contribution in [1.29, 1.82) is 0 Å². The largest absolute Gasteiger partial charge is 0.481 e. The summed E-state index contributed by atoms with van der Waals surface area (Å²) in [6, 6.07) is 0. The molecule has 0 saturated heterocycles. The summed E-state index contributed by atoms with van der Waals surface area (Å²) in [4.78, 5) is 10.3. The third-order valence-corrected chi connectivity index (χ3v) is 1.85. The van der Waals surface area contributed by atoms with E-state index in [1.54, 1.807) is 0 Å². The zero-order valence-electron chi connectivity index (χ0n) is 8.19. The molecule has 0 saturated carbocycles. The Morgan fingerprint density at radius 1 is 1.62 bits per heavy atom. The van der Waals surface area contributed by atoms with Crippen LogP contribution in [-0.4, -0.2) is 26.0 Å². The number of carboxylic acid groups (broad SMARTS) is 1. The Morgan fingerprint density at radius 2 is 2.19 bits per heavy atom. The van der Waals surface area contributed by atoms with Gasteiger partial charge in [-0.05, 0) is 0 Å². The average molecular weight is 238 g/mol. The van der Waals surface area contributed by atoms with Crippen molar-refractivity contribution >= 4 is 5.97 Å². The van der Waals surface area contributed by atoms with Gasteiger partial charge in [0.1, 0.15) is 0 Å². The van der Waals surface area contributed by atoms with Gasteiger partial charge in [-0.1, -0.05) is 0 Å². The van der Waals surface area contributed by atoms with Crippen LogP contribution in [0.3, 0.4) is 0 Å². The Kier molecular flexibility index (Phi) is 3.22. The van der Waals surface area contributed by atoms with Crippen molar-refractivity contribution in [2.24, 2.45) is 7.05 Å². The highest BCUT2D eigenvalue weighted by Gasteiger charge is 2.38. The van der Waals surface area contributed by atoms with Gasteiger partial charge in [0.25, 0.3) is 0 Å². The predicted molar refractivity (Wildman–Crippen MR) is 45.4 cm³/mol. The minimum absolute atomic E-state index is 0.530. The van der Waals surface area contributed by atoms with Gasteiger partial charge in [0.05, 0.1) is 12.5 Å². The van der Waals surface area contributed by atoms with E-state index in [0.29, 0.717) is 0 Å². The molecule has 1 atom stereocenters. The number of aliphatic carboxylic acids is 1. The van der Waals surface area contributed by atoms with E-state index < -0.39 is 35.9 Å². The van der Waals surface area contributed by atoms with Crippen LogP contribution in [0.1, 0.15) is 23.8 Å². The van der Waals surface area contributed by atoms with Crippen LogP contribution in [0, 0.1) is 0 Å². The van der Waals surface area contributed by atoms with Crippen LogP contribution in [0.15, 0.2) is 6.20 Å². The fraction of sp³-hybridized carbons (Fsp3) is 0.500. The molecule has 16 heavy (non-hydrogen) atoms. The second kappa shape index (κ2) is 4.12. The molecule has 0 spiro atoms. The number of hydrogen-bond donors (Lipinski definition) is 2. The molecule has 1 aromatic rings. The lowest BCUT2D eigenvalue weighted by molar-refractivity contribution is -0.145. The number of nitrogens with zero attached hydrogens (tertiary/aromatic N) is 2. The van der Waals surface area contributed by atoms with Crippen molar-refractivity contribution in [3.8, 4) is 0 Å². The first-order valence-electron chi connectivity index (χ1n) is 4.22. The molecular formula is C8H9F3N2O3. The molecule has 0 aliphatic carbocycles. The zero-order chi connectivity index (χ0) is 12.5. The topological polar surface area (TPSA) is 75.4 Å². The molecule has 0 radical (unpaired) electrons. The first-order valence-corrected chi connectivity index (χ1v) is 4.22. The lowest BCUT2D eigenvalue weighted by Crippen LogP contribution is -2.13. The van der Waals surface area contributed by atoms with E-state index in [1.165, 1.54) is 7.05 Å². The van der Waals surface area contributed by atoms with Crippen LogP contribution >= 0.6 is 0 Å². The number of carboxylic acids is 1. The predicted octanol–water partition coefficient (Wildman–Crippen LogP) is 0.947. The van der Waals surface area contributed by atoms with Gasteiger partial charge in [-0.25, -0.2) is 0 Å². The molecule has 5 nitrogen and oxygen atoms in total. The minimum atomic E-state index is -4.71. The highest BCUT2D eigenvalue weighted by molar-refractivity contribution is 5.67. The third kappa shape index (κ3) is 2.72. The standard InChI is InChI=1S/C8H9F3N2O3/c1-13-3-4(5(14)2-6(15)16)7(12-13)8(9,10)11/h3,5,14H,2H2,1H3,(H,15,16)/t5-/m1/s1. The van der Waals surface area contributed by atoms with Crippen LogP contribution in [0.25, 0.3) is 0 Å². The Balaban J connectivity index is 3.08. The second-order valence-corrected chi connectivity index (χ2v) is 3.22. The Bertz CT molecular complexity index is 400. The summed E-state index contributed by atoms with van der Waals surface area (Å²) in [5.41, 5.74) is -1.79. The van der Waals surface area contributed by atoms with E-state index >= 15 is 0 Å². The molecule has 0 fully saturated rings. The van der Waals surface area contributed by atoms with Crippen molar-refractivity contribution in [3.63, 3.8) is 0 Å². The molecule has 0 aliphatic rings. The maximum atomic E-state index is 12.4. The summed E-state index contributed by atoms with van der Waals surface area (Å²) >= 11 is 0. The Morgan fingerprint density at radius 3 is 2.62 bits per heavy atom. The van der Waals surface area contributed by atoms with Gasteiger partial charge in [0.15, 0.2) is 5.69 Å². The van der Waals surface area contributed by atoms with Gasteiger partial charge in [0, 0.05) is 18.8 Å². The monoisotopic (exact) mass is 238 g/mol. The SMILES string of the molecule is Cn1cc([C@H](O)CC(=O)O)c(C(F)(F)F)n1. The van der Waals surface area contributed by atoms with Crippen molar-refractivity contribution < 1.29 is 28.2 Å². The number of carbonyl (C=O) groups is 1. The number of aliphatic hydroxyl groups excluding tert-OH is 1. The maximum Gasteiger partial charge on any atom is 0.435 e. The molecule has 0 aliphatic heterocycles. The molecule has 0 bridgehead atoms. The molecule has 1 aromatic heterocycles. The molecule has 0 unspecified atom stereocenters. The lowest BCUT2D eigenvalue weighted by Gasteiger charge is -2.09. The maximum absolute atomic E-state index is 12.4. The smallest absolute Gasteiger partial charge is 0.435 e. The molecule has 8 heteroatoms. The zero-order valence-corrected chi connectivity index (χ0v) is 8.19. The van der Waals surface area contributed by atoms with E-state index in [2.05, 4.69) is 5.10 Å². The van der Waals surface area contributed by atoms with Crippen LogP contribution in [-0.2, 0) is 18.0 Å². The summed E-state index contributed by atoms with van der Waals surface area (Å²) in [5, 5.41) is 20.8. The summed E-state index contributed by atoms with van der Waals surface area (Å²) in [6.45, 7) is 0. The molecule has 2 N–H and O–H groups in total. The summed E-state index contributed by atoms with van der Waals surface area (Å²) < 4.78 is 38.2. The number of aryl methyl sites for hydroxylation is 1. The fourth-order valence-corrected chi connectivity index (χ4v) is 1.25. The summed E-state index contributed by atoms with van der Waals surface area (Å²) in [5.74, 6) is -1.38. The minimum Gasteiger partial charge on any atom is -0.481 e. The number of rotatable bonds is 3. The van der Waals surface area contributed by atoms with Crippen LogP contribution < -0.4 is 0 Å². The number of aromatic nitrogens is 2. The van der Waals surface area contributed by atoms with E-state index in [0.717, 1.165) is 10.9 Å². The highest BCUT2D eigenvalue weighted by atomic mass is 19.4. The lowest BCUT2D eigenvalue weighted by atomic mass is 10.1. The third-order valence-electron chi connectivity index (χ3n) is 1.85. The van der Waals surface area contributed by atoms with Gasteiger partial charge < -0.3 is 10.2 Å². The molecular weight excluding hydrogens is 229 g/mol. The highest BCUT2D eigenvalue weighted by Crippen LogP contribution is 2.34. The summed E-state index contributed by atoms with van der Waals surface area (Å²) in [6.07, 6.45) is -6.27. The quantitative estimate of drug-likeness (QED) is 0.821. The van der Waals surface area contributed by atoms with Crippen LogP contribution in [0.4, 0.5) is 13.2 Å². The van der Waals surface area contributed by atoms with Crippen molar-refractivity contribution in [1.82, 2.24) is 9.78 Å². The number of alkyl halides is 3. The van der Waals surface area contributed by atoms with Gasteiger partial charge in [-0.15, -0.1) is 0 Å². The van der Waals surface area contributed by atoms with Gasteiger partial charge in [-0.3, -0.25) is 9.48 Å². The molecule has 90 valence electrons. The van der Waals surface area contributed by atoms with Crippen molar-refractivity contribution in [3.05, 3.63) is 17.5 Å². The van der Waals surface area contributed by atoms with Crippen molar-refractivity contribution in [2.75, 3.05) is 0 Å². The summed E-state index contributed by atoms with van der Waals surface area (Å²) in [7, 11) is 1.26. The van der Waals surface area contributed by atoms with Crippen molar-refractivity contribution in [2.45, 2.75) is 18.7 Å². The first kappa shape index (κ1) is 12.5. The van der Waals surface area contributed by atoms with Gasteiger partial charge >= 0.3 is 12.1 Å². The van der Waals surface area contributed by atoms with Crippen LogP contribution in [0.5, 0.6) is 0 Å². The Labute approximate surface area is 88.1 Å². The second-order valence-electron chi connectivity index (χ2n) is 3.22. The molecule has 0 amide bonds. The fourth-order valence-electron chi connectivity index (χ4n) is 1.25. The Hall–Kier alpha value is -1.57. The normalized spacial score (nSPS) is 13.8. The number of hydrogen-bond acceptors (Lipinski definition) is 3. The number of aliphatic hydroxyl groups is 1. The molecule has 1 rings (SSSR count). The van der Waals surface area contributed by atoms with E-state index in [4.69, 9.17) is 5.11 Å². The molecule has 0 aromatic carbocycles. The average Bonchev–Trinajstić information content (AvgIpc) is 2.45. The van der Waals surface area contributed by atoms with E-state index in [9.17, 15) is 23.1 Å². The van der Waals surface area contributed by atoms with Gasteiger partial charge in [0.2, 0.25) is 0 Å². The first-order chi connectivity index (χ1) is 7.21. The van der Waals surface area contributed by atoms with Crippen LogP contribution in [0.2, 0.25) is 0 Å².